The van der Waals surface area contributed by atoms with Crippen LogP contribution in [-0.2, 0) is 0 Å². The number of carbonyl (C=O) groups excluding carboxylic acids is 2. The Bertz CT molecular complexity index is 755. The van der Waals surface area contributed by atoms with Gasteiger partial charge in [-0.1, -0.05) is 25.3 Å². The van der Waals surface area contributed by atoms with Gasteiger partial charge in [0.1, 0.15) is 0 Å². The summed E-state index contributed by atoms with van der Waals surface area (Å²) in [6.45, 7) is 2.66. The quantitative estimate of drug-likeness (QED) is 0.526. The summed E-state index contributed by atoms with van der Waals surface area (Å²) in [6.07, 6.45) is 7.03. The normalized spacial score (nSPS) is 18.2. The van der Waals surface area contributed by atoms with Crippen molar-refractivity contribution in [3.8, 4) is 0 Å². The Morgan fingerprint density at radius 1 is 1.03 bits per heavy atom. The number of nitro groups is 1. The first-order chi connectivity index (χ1) is 13.9. The van der Waals surface area contributed by atoms with Crippen LogP contribution in [0.15, 0.2) is 18.2 Å². The maximum absolute atomic E-state index is 12.5. The molecule has 1 heterocycles. The lowest BCUT2D eigenvalue weighted by molar-refractivity contribution is -0.385. The van der Waals surface area contributed by atoms with E-state index in [0.717, 1.165) is 12.8 Å². The predicted octanol–water partition coefficient (Wildman–Crippen LogP) is 3.53. The second kappa shape index (κ2) is 9.58. The molecule has 1 saturated heterocycles. The molecule has 9 nitrogen and oxygen atoms in total. The minimum atomic E-state index is -0.458. The summed E-state index contributed by atoms with van der Waals surface area (Å²) >= 11 is 0. The number of amides is 4. The van der Waals surface area contributed by atoms with Gasteiger partial charge in [-0.3, -0.25) is 10.1 Å². The van der Waals surface area contributed by atoms with Crippen LogP contribution in [0.2, 0.25) is 0 Å². The van der Waals surface area contributed by atoms with E-state index in [1.165, 1.54) is 25.3 Å². The molecular formula is C20H29N5O4. The number of carbonyl (C=O) groups is 2. The van der Waals surface area contributed by atoms with Gasteiger partial charge in [0.05, 0.1) is 16.2 Å². The first kappa shape index (κ1) is 20.9. The van der Waals surface area contributed by atoms with E-state index >= 15 is 0 Å². The van der Waals surface area contributed by atoms with Gasteiger partial charge >= 0.3 is 12.1 Å². The van der Waals surface area contributed by atoms with Gasteiger partial charge in [-0.25, -0.2) is 9.59 Å². The van der Waals surface area contributed by atoms with Crippen LogP contribution >= 0.6 is 0 Å². The van der Waals surface area contributed by atoms with Crippen molar-refractivity contribution in [2.24, 2.45) is 0 Å². The molecule has 0 aromatic heterocycles. The highest BCUT2D eigenvalue weighted by atomic mass is 16.6. The van der Waals surface area contributed by atoms with Crippen LogP contribution in [0.4, 0.5) is 21.0 Å². The number of nitrogens with zero attached hydrogens (tertiary/aromatic N) is 2. The molecule has 0 atom stereocenters. The van der Waals surface area contributed by atoms with Crippen molar-refractivity contribution < 1.29 is 14.5 Å². The van der Waals surface area contributed by atoms with Gasteiger partial charge < -0.3 is 20.9 Å². The van der Waals surface area contributed by atoms with Crippen molar-refractivity contribution in [1.29, 1.82) is 0 Å². The van der Waals surface area contributed by atoms with Crippen LogP contribution in [0.25, 0.3) is 0 Å². The number of benzene rings is 1. The molecule has 1 saturated carbocycles. The summed E-state index contributed by atoms with van der Waals surface area (Å²) in [7, 11) is 0. The monoisotopic (exact) mass is 403 g/mol. The van der Waals surface area contributed by atoms with Crippen molar-refractivity contribution in [3.63, 3.8) is 0 Å². The first-order valence-corrected chi connectivity index (χ1v) is 10.3. The molecule has 1 aromatic carbocycles. The van der Waals surface area contributed by atoms with Gasteiger partial charge in [-0.05, 0) is 38.7 Å². The molecule has 3 rings (SSSR count). The van der Waals surface area contributed by atoms with E-state index in [9.17, 15) is 19.7 Å². The van der Waals surface area contributed by atoms with Crippen LogP contribution < -0.4 is 16.0 Å². The zero-order chi connectivity index (χ0) is 20.8. The van der Waals surface area contributed by atoms with E-state index < -0.39 is 4.92 Å². The van der Waals surface area contributed by atoms with E-state index in [1.807, 2.05) is 0 Å². The summed E-state index contributed by atoms with van der Waals surface area (Å²) in [5.74, 6) is 0. The van der Waals surface area contributed by atoms with Crippen molar-refractivity contribution in [3.05, 3.63) is 33.9 Å². The fourth-order valence-electron chi connectivity index (χ4n) is 4.04. The second-order valence-corrected chi connectivity index (χ2v) is 7.85. The van der Waals surface area contributed by atoms with Crippen LogP contribution in [-0.4, -0.2) is 47.1 Å². The van der Waals surface area contributed by atoms with E-state index in [1.54, 1.807) is 24.0 Å². The molecular weight excluding hydrogens is 374 g/mol. The zero-order valence-corrected chi connectivity index (χ0v) is 16.8. The number of likely N-dealkylation sites (tertiary alicyclic amines) is 1. The van der Waals surface area contributed by atoms with Gasteiger partial charge in [0, 0.05) is 31.2 Å². The van der Waals surface area contributed by atoms with Gasteiger partial charge in [0.15, 0.2) is 0 Å². The van der Waals surface area contributed by atoms with Gasteiger partial charge in [0.25, 0.3) is 5.69 Å². The van der Waals surface area contributed by atoms with Crippen molar-refractivity contribution >= 4 is 23.4 Å². The lowest BCUT2D eigenvalue weighted by atomic mass is 9.96. The third kappa shape index (κ3) is 5.58. The minimum Gasteiger partial charge on any atom is -0.335 e. The van der Waals surface area contributed by atoms with Crippen molar-refractivity contribution in [2.45, 2.75) is 64.0 Å². The number of nitro benzene ring substituents is 1. The Hall–Kier alpha value is -2.84. The summed E-state index contributed by atoms with van der Waals surface area (Å²) in [6, 6.07) is 4.55. The Balaban J connectivity index is 1.45. The Morgan fingerprint density at radius 3 is 2.28 bits per heavy atom. The number of urea groups is 2. The maximum atomic E-state index is 12.5. The third-order valence-corrected chi connectivity index (χ3v) is 5.80. The smallest absolute Gasteiger partial charge is 0.321 e. The summed E-state index contributed by atoms with van der Waals surface area (Å²) in [5.41, 5.74) is 0.854. The number of nitrogens with one attached hydrogen (secondary N) is 3. The number of piperidine rings is 1. The maximum Gasteiger partial charge on any atom is 0.321 e. The highest BCUT2D eigenvalue weighted by Gasteiger charge is 2.25. The molecule has 2 fully saturated rings. The van der Waals surface area contributed by atoms with E-state index in [-0.39, 0.29) is 29.8 Å². The molecule has 158 valence electrons. The number of hydrogen-bond acceptors (Lipinski definition) is 4. The number of anilines is 1. The Morgan fingerprint density at radius 2 is 1.66 bits per heavy atom. The predicted molar refractivity (Wildman–Crippen MR) is 110 cm³/mol. The highest BCUT2D eigenvalue weighted by Crippen LogP contribution is 2.25. The lowest BCUT2D eigenvalue weighted by Crippen LogP contribution is -2.51. The molecule has 1 aromatic rings. The van der Waals surface area contributed by atoms with Crippen LogP contribution in [0.3, 0.4) is 0 Å². The van der Waals surface area contributed by atoms with E-state index in [2.05, 4.69) is 16.0 Å². The fraction of sp³-hybridized carbons (Fsp3) is 0.600. The molecule has 29 heavy (non-hydrogen) atoms. The molecule has 0 radical (unpaired) electrons. The molecule has 4 amide bonds. The molecule has 9 heteroatoms. The van der Waals surface area contributed by atoms with E-state index in [4.69, 9.17) is 0 Å². The average molecular weight is 403 g/mol. The zero-order valence-electron chi connectivity index (χ0n) is 16.8. The Kier molecular flexibility index (Phi) is 6.90. The number of rotatable bonds is 4. The van der Waals surface area contributed by atoms with Crippen LogP contribution in [0.1, 0.15) is 50.5 Å². The molecule has 0 spiro atoms. The minimum absolute atomic E-state index is 0.0188. The standard InChI is InChI=1S/C20H29N5O4/c1-14-17(8-5-9-18(14)25(28)29)23-20(27)24-12-10-16(11-13-24)22-19(26)21-15-6-3-2-4-7-15/h5,8-9,15-16H,2-4,6-7,10-13H2,1H3,(H,23,27)(H2,21,22,26). The summed E-state index contributed by atoms with van der Waals surface area (Å²) < 4.78 is 0. The second-order valence-electron chi connectivity index (χ2n) is 7.85. The Labute approximate surface area is 170 Å². The third-order valence-electron chi connectivity index (χ3n) is 5.80. The van der Waals surface area contributed by atoms with Gasteiger partial charge in [0.2, 0.25) is 0 Å². The average Bonchev–Trinajstić information content (AvgIpc) is 2.70. The molecule has 0 unspecified atom stereocenters. The molecule has 2 aliphatic rings. The van der Waals surface area contributed by atoms with Gasteiger partial charge in [-0.2, -0.15) is 0 Å². The SMILES string of the molecule is Cc1c(NC(=O)N2CCC(NC(=O)NC3CCCCC3)CC2)cccc1[N+](=O)[O-]. The topological polar surface area (TPSA) is 117 Å². The van der Waals surface area contributed by atoms with Crippen LogP contribution in [0.5, 0.6) is 0 Å². The summed E-state index contributed by atoms with van der Waals surface area (Å²) in [5, 5.41) is 19.9. The largest absolute Gasteiger partial charge is 0.335 e. The van der Waals surface area contributed by atoms with Crippen LogP contribution in [0, 0.1) is 17.0 Å². The van der Waals surface area contributed by atoms with Gasteiger partial charge in [-0.15, -0.1) is 0 Å². The van der Waals surface area contributed by atoms with E-state index in [0.29, 0.717) is 37.2 Å². The van der Waals surface area contributed by atoms with Crippen molar-refractivity contribution in [2.75, 3.05) is 18.4 Å². The van der Waals surface area contributed by atoms with Crippen molar-refractivity contribution in [1.82, 2.24) is 15.5 Å². The molecule has 1 aliphatic heterocycles. The first-order valence-electron chi connectivity index (χ1n) is 10.3. The molecule has 1 aliphatic carbocycles. The fourth-order valence-corrected chi connectivity index (χ4v) is 4.04. The summed E-state index contributed by atoms with van der Waals surface area (Å²) in [4.78, 5) is 37.0. The lowest BCUT2D eigenvalue weighted by Gasteiger charge is -2.33. The molecule has 0 bridgehead atoms. The molecule has 3 N–H and O–H groups in total. The number of hydrogen-bond donors (Lipinski definition) is 3. The highest BCUT2D eigenvalue weighted by molar-refractivity contribution is 5.91.